The summed E-state index contributed by atoms with van der Waals surface area (Å²) in [6.07, 6.45) is 5.73. The summed E-state index contributed by atoms with van der Waals surface area (Å²) in [5.74, 6) is 0.598. The molecule has 1 heterocycles. The van der Waals surface area contributed by atoms with Crippen molar-refractivity contribution in [1.29, 1.82) is 0 Å². The molecule has 1 aliphatic carbocycles. The van der Waals surface area contributed by atoms with Crippen LogP contribution in [0.5, 0.6) is 0 Å². The van der Waals surface area contributed by atoms with Crippen molar-refractivity contribution in [2.45, 2.75) is 40.7 Å². The highest BCUT2D eigenvalue weighted by Gasteiger charge is 2.60. The molecule has 3 nitrogen and oxygen atoms in total. The second kappa shape index (κ2) is 5.39. The van der Waals surface area contributed by atoms with Gasteiger partial charge in [-0.15, -0.1) is 0 Å². The minimum Gasteiger partial charge on any atom is -0.349 e. The molecule has 1 aliphatic rings. The number of rotatable bonds is 4. The van der Waals surface area contributed by atoms with Crippen molar-refractivity contribution in [3.8, 4) is 0 Å². The monoisotopic (exact) mass is 272 g/mol. The molecule has 0 aromatic carbocycles. The number of amides is 1. The lowest BCUT2D eigenvalue weighted by Gasteiger charge is -2.14. The van der Waals surface area contributed by atoms with Crippen LogP contribution in [0, 0.1) is 17.3 Å². The number of pyridine rings is 1. The molecule has 20 heavy (non-hydrogen) atoms. The van der Waals surface area contributed by atoms with Gasteiger partial charge < -0.3 is 5.32 Å². The van der Waals surface area contributed by atoms with Gasteiger partial charge in [0.25, 0.3) is 0 Å². The van der Waals surface area contributed by atoms with Crippen LogP contribution in [0.3, 0.4) is 0 Å². The lowest BCUT2D eigenvalue weighted by atomic mass is 10.1. The van der Waals surface area contributed by atoms with E-state index in [4.69, 9.17) is 0 Å². The molecule has 108 valence electrons. The Kier molecular flexibility index (Phi) is 3.98. The molecule has 1 N–H and O–H groups in total. The average Bonchev–Trinajstić information content (AvgIpc) is 2.91. The quantitative estimate of drug-likeness (QED) is 0.852. The van der Waals surface area contributed by atoms with E-state index < -0.39 is 0 Å². The van der Waals surface area contributed by atoms with E-state index in [1.165, 1.54) is 5.57 Å². The molecule has 0 aliphatic heterocycles. The van der Waals surface area contributed by atoms with Crippen molar-refractivity contribution in [1.82, 2.24) is 10.3 Å². The van der Waals surface area contributed by atoms with Crippen LogP contribution in [0.1, 0.15) is 46.2 Å². The molecule has 1 amide bonds. The van der Waals surface area contributed by atoms with Crippen LogP contribution in [0.4, 0.5) is 0 Å². The van der Waals surface area contributed by atoms with Crippen molar-refractivity contribution in [2.24, 2.45) is 17.3 Å². The first-order valence-corrected chi connectivity index (χ1v) is 7.19. The maximum atomic E-state index is 12.4. The first-order valence-electron chi connectivity index (χ1n) is 7.19. The lowest BCUT2D eigenvalue weighted by Crippen LogP contribution is -2.29. The maximum absolute atomic E-state index is 12.4. The third kappa shape index (κ3) is 2.92. The molecule has 3 atom stereocenters. The van der Waals surface area contributed by atoms with Crippen molar-refractivity contribution < 1.29 is 4.79 Å². The Morgan fingerprint density at radius 3 is 2.50 bits per heavy atom. The van der Waals surface area contributed by atoms with Gasteiger partial charge in [0, 0.05) is 12.4 Å². The predicted molar refractivity (Wildman–Crippen MR) is 81.0 cm³/mol. The van der Waals surface area contributed by atoms with Crippen LogP contribution < -0.4 is 5.32 Å². The topological polar surface area (TPSA) is 42.0 Å². The maximum Gasteiger partial charge on any atom is 0.224 e. The Morgan fingerprint density at radius 1 is 1.35 bits per heavy atom. The molecule has 0 saturated heterocycles. The van der Waals surface area contributed by atoms with E-state index in [9.17, 15) is 4.79 Å². The standard InChI is InChI=1S/C17H24N2O/c1-11(2)10-14-15(17(14,4)5)16(20)19-12(3)13-6-8-18-9-7-13/h6-10,12,14-15H,1-5H3,(H,19,20)/t12-,14+,15+/m0/s1. The van der Waals surface area contributed by atoms with Gasteiger partial charge >= 0.3 is 0 Å². The zero-order chi connectivity index (χ0) is 14.9. The fraction of sp³-hybridized carbons (Fsp3) is 0.529. The molecule has 0 unspecified atom stereocenters. The Balaban J connectivity index is 2.02. The Bertz CT molecular complexity index is 515. The third-order valence-corrected chi connectivity index (χ3v) is 4.27. The summed E-state index contributed by atoms with van der Waals surface area (Å²) in [6, 6.07) is 3.90. The molecule has 0 spiro atoms. The van der Waals surface area contributed by atoms with Crippen molar-refractivity contribution >= 4 is 5.91 Å². The van der Waals surface area contributed by atoms with E-state index in [1.54, 1.807) is 12.4 Å². The van der Waals surface area contributed by atoms with Gasteiger partial charge in [-0.05, 0) is 49.8 Å². The summed E-state index contributed by atoms with van der Waals surface area (Å²) in [4.78, 5) is 16.4. The summed E-state index contributed by atoms with van der Waals surface area (Å²) in [5.41, 5.74) is 2.44. The molecule has 1 saturated carbocycles. The molecule has 0 radical (unpaired) electrons. The van der Waals surface area contributed by atoms with Gasteiger partial charge in [-0.25, -0.2) is 0 Å². The normalized spacial score (nSPS) is 24.6. The third-order valence-electron chi connectivity index (χ3n) is 4.27. The summed E-state index contributed by atoms with van der Waals surface area (Å²) < 4.78 is 0. The van der Waals surface area contributed by atoms with Gasteiger partial charge in [0.05, 0.1) is 12.0 Å². The van der Waals surface area contributed by atoms with Crippen molar-refractivity contribution in [3.63, 3.8) is 0 Å². The van der Waals surface area contributed by atoms with E-state index in [2.05, 4.69) is 44.1 Å². The van der Waals surface area contributed by atoms with Gasteiger partial charge in [0.1, 0.15) is 0 Å². The van der Waals surface area contributed by atoms with Gasteiger partial charge in [0.15, 0.2) is 0 Å². The minimum atomic E-state index is 0.0225. The molecule has 2 rings (SSSR count). The predicted octanol–water partition coefficient (Wildman–Crippen LogP) is 3.50. The molecule has 3 heteroatoms. The molecule has 1 aromatic heterocycles. The lowest BCUT2D eigenvalue weighted by molar-refractivity contribution is -0.123. The van der Waals surface area contributed by atoms with Crippen molar-refractivity contribution in [3.05, 3.63) is 41.7 Å². The molecule has 0 bridgehead atoms. The number of carbonyl (C=O) groups is 1. The number of nitrogens with one attached hydrogen (secondary N) is 1. The van der Waals surface area contributed by atoms with Gasteiger partial charge in [-0.2, -0.15) is 0 Å². The van der Waals surface area contributed by atoms with E-state index >= 15 is 0 Å². The number of hydrogen-bond acceptors (Lipinski definition) is 2. The fourth-order valence-corrected chi connectivity index (χ4v) is 2.89. The van der Waals surface area contributed by atoms with Gasteiger partial charge in [-0.1, -0.05) is 25.5 Å². The van der Waals surface area contributed by atoms with Crippen LogP contribution in [0.15, 0.2) is 36.2 Å². The summed E-state index contributed by atoms with van der Waals surface area (Å²) in [6.45, 7) is 10.5. The second-order valence-corrected chi connectivity index (χ2v) is 6.58. The van der Waals surface area contributed by atoms with Crippen LogP contribution in [0.2, 0.25) is 0 Å². The smallest absolute Gasteiger partial charge is 0.224 e. The van der Waals surface area contributed by atoms with E-state index in [-0.39, 0.29) is 23.3 Å². The van der Waals surface area contributed by atoms with Gasteiger partial charge in [0.2, 0.25) is 5.91 Å². The highest BCUT2D eigenvalue weighted by Crippen LogP contribution is 2.59. The fourth-order valence-electron chi connectivity index (χ4n) is 2.89. The highest BCUT2D eigenvalue weighted by atomic mass is 16.2. The number of carbonyl (C=O) groups excluding carboxylic acids is 1. The zero-order valence-electron chi connectivity index (χ0n) is 13.0. The summed E-state index contributed by atoms with van der Waals surface area (Å²) in [5, 5.41) is 3.12. The number of nitrogens with zero attached hydrogens (tertiary/aromatic N) is 1. The number of hydrogen-bond donors (Lipinski definition) is 1. The van der Waals surface area contributed by atoms with Crippen molar-refractivity contribution in [2.75, 3.05) is 0 Å². The average molecular weight is 272 g/mol. The summed E-state index contributed by atoms with van der Waals surface area (Å²) >= 11 is 0. The molecule has 1 aromatic rings. The second-order valence-electron chi connectivity index (χ2n) is 6.58. The van der Waals surface area contributed by atoms with E-state index in [0.717, 1.165) is 5.56 Å². The highest BCUT2D eigenvalue weighted by molar-refractivity contribution is 5.84. The number of allylic oxidation sites excluding steroid dienone is 2. The first-order chi connectivity index (χ1) is 9.34. The SMILES string of the molecule is CC(C)=C[C@@H]1[C@H](C(=O)N[C@@H](C)c2ccncc2)C1(C)C. The van der Waals surface area contributed by atoms with Crippen LogP contribution in [-0.4, -0.2) is 10.9 Å². The largest absolute Gasteiger partial charge is 0.349 e. The van der Waals surface area contributed by atoms with Crippen LogP contribution in [-0.2, 0) is 4.79 Å². The van der Waals surface area contributed by atoms with Crippen LogP contribution >= 0.6 is 0 Å². The Hall–Kier alpha value is -1.64. The van der Waals surface area contributed by atoms with Gasteiger partial charge in [-0.3, -0.25) is 9.78 Å². The Morgan fingerprint density at radius 2 is 1.95 bits per heavy atom. The van der Waals surface area contributed by atoms with Crippen LogP contribution in [0.25, 0.3) is 0 Å². The molecular formula is C17H24N2O. The van der Waals surface area contributed by atoms with E-state index in [1.807, 2.05) is 19.1 Å². The molecule has 1 fully saturated rings. The Labute approximate surface area is 121 Å². The number of aromatic nitrogens is 1. The first kappa shape index (κ1) is 14.8. The zero-order valence-corrected chi connectivity index (χ0v) is 13.0. The summed E-state index contributed by atoms with van der Waals surface area (Å²) in [7, 11) is 0. The minimum absolute atomic E-state index is 0.0225. The molecular weight excluding hydrogens is 248 g/mol. The van der Waals surface area contributed by atoms with E-state index in [0.29, 0.717) is 5.92 Å².